The van der Waals surface area contributed by atoms with E-state index in [2.05, 4.69) is 5.32 Å². The fourth-order valence-corrected chi connectivity index (χ4v) is 2.00. The summed E-state index contributed by atoms with van der Waals surface area (Å²) in [6.45, 7) is 5.38. The van der Waals surface area contributed by atoms with Crippen LogP contribution in [-0.2, 0) is 16.0 Å². The molecular formula is C14H18ClNO3. The topological polar surface area (TPSA) is 66.4 Å². The normalized spacial score (nSPS) is 12.3. The van der Waals surface area contributed by atoms with Crippen molar-refractivity contribution in [3.8, 4) is 0 Å². The fraction of sp³-hybridized carbons (Fsp3) is 0.429. The van der Waals surface area contributed by atoms with Crippen molar-refractivity contribution in [3.05, 3.63) is 34.3 Å². The molecule has 0 heterocycles. The average Bonchev–Trinajstić information content (AvgIpc) is 2.29. The van der Waals surface area contributed by atoms with Crippen molar-refractivity contribution in [1.29, 1.82) is 0 Å². The monoisotopic (exact) mass is 283 g/mol. The number of aliphatic carboxylic acids is 1. The lowest BCUT2D eigenvalue weighted by atomic mass is 10.0. The summed E-state index contributed by atoms with van der Waals surface area (Å²) in [5.41, 5.74) is 1.76. The van der Waals surface area contributed by atoms with Gasteiger partial charge >= 0.3 is 5.97 Å². The number of carbonyl (C=O) groups is 2. The molecule has 19 heavy (non-hydrogen) atoms. The number of carboxylic acids is 1. The molecule has 4 nitrogen and oxygen atoms in total. The minimum Gasteiger partial charge on any atom is -0.480 e. The minimum atomic E-state index is -1.02. The number of hydrogen-bond donors (Lipinski definition) is 2. The number of amides is 1. The Morgan fingerprint density at radius 3 is 2.47 bits per heavy atom. The zero-order valence-electron chi connectivity index (χ0n) is 11.2. The number of carboxylic acid groups (broad SMARTS) is 1. The molecule has 0 bridgehead atoms. The van der Waals surface area contributed by atoms with Crippen LogP contribution >= 0.6 is 11.6 Å². The predicted molar refractivity (Wildman–Crippen MR) is 74.3 cm³/mol. The molecule has 0 aliphatic heterocycles. The van der Waals surface area contributed by atoms with E-state index in [9.17, 15) is 9.59 Å². The van der Waals surface area contributed by atoms with E-state index in [0.717, 1.165) is 11.1 Å². The number of hydrogen-bond acceptors (Lipinski definition) is 2. The van der Waals surface area contributed by atoms with Gasteiger partial charge in [0.1, 0.15) is 6.04 Å². The van der Waals surface area contributed by atoms with Gasteiger partial charge in [0.25, 0.3) is 0 Å². The molecule has 5 heteroatoms. The molecule has 0 aliphatic carbocycles. The van der Waals surface area contributed by atoms with E-state index >= 15 is 0 Å². The Bertz CT molecular complexity index is 486. The maximum atomic E-state index is 11.9. The number of carbonyl (C=O) groups excluding carboxylic acids is 1. The van der Waals surface area contributed by atoms with E-state index in [1.165, 1.54) is 0 Å². The molecule has 104 valence electrons. The first-order valence-electron chi connectivity index (χ1n) is 6.08. The molecule has 1 amide bonds. The third kappa shape index (κ3) is 4.56. The maximum absolute atomic E-state index is 11.9. The summed E-state index contributed by atoms with van der Waals surface area (Å²) in [7, 11) is 0. The van der Waals surface area contributed by atoms with Gasteiger partial charge in [-0.05, 0) is 36.1 Å². The van der Waals surface area contributed by atoms with E-state index in [4.69, 9.17) is 16.7 Å². The second kappa shape index (κ2) is 6.57. The van der Waals surface area contributed by atoms with Gasteiger partial charge in [-0.25, -0.2) is 4.79 Å². The second-order valence-corrected chi connectivity index (χ2v) is 5.31. The van der Waals surface area contributed by atoms with Gasteiger partial charge in [-0.2, -0.15) is 0 Å². The molecule has 0 aromatic heterocycles. The van der Waals surface area contributed by atoms with E-state index in [1.807, 2.05) is 6.92 Å². The van der Waals surface area contributed by atoms with Crippen molar-refractivity contribution in [1.82, 2.24) is 5.32 Å². The van der Waals surface area contributed by atoms with Crippen molar-refractivity contribution >= 4 is 23.5 Å². The van der Waals surface area contributed by atoms with Crippen LogP contribution in [0.1, 0.15) is 25.0 Å². The fourth-order valence-electron chi connectivity index (χ4n) is 1.77. The van der Waals surface area contributed by atoms with Crippen LogP contribution in [0.4, 0.5) is 0 Å². The van der Waals surface area contributed by atoms with Gasteiger partial charge in [-0.3, -0.25) is 4.79 Å². The van der Waals surface area contributed by atoms with Crippen LogP contribution in [0, 0.1) is 12.8 Å². The third-order valence-corrected chi connectivity index (χ3v) is 3.14. The van der Waals surface area contributed by atoms with Crippen molar-refractivity contribution in [2.24, 2.45) is 5.92 Å². The highest BCUT2D eigenvalue weighted by Crippen LogP contribution is 2.15. The SMILES string of the molecule is Cc1cc(Cl)ccc1CC(=O)N[C@H](C(=O)O)C(C)C. The van der Waals surface area contributed by atoms with Gasteiger partial charge in [0.15, 0.2) is 0 Å². The van der Waals surface area contributed by atoms with Crippen LogP contribution in [0.2, 0.25) is 5.02 Å². The summed E-state index contributed by atoms with van der Waals surface area (Å²) in [6.07, 6.45) is 0.152. The molecule has 0 aliphatic rings. The van der Waals surface area contributed by atoms with Gasteiger partial charge in [0.05, 0.1) is 6.42 Å². The molecule has 0 spiro atoms. The Balaban J connectivity index is 2.72. The molecule has 1 aromatic rings. The molecule has 1 rings (SSSR count). The molecule has 0 saturated carbocycles. The second-order valence-electron chi connectivity index (χ2n) is 4.88. The Hall–Kier alpha value is -1.55. The quantitative estimate of drug-likeness (QED) is 0.872. The van der Waals surface area contributed by atoms with Crippen molar-refractivity contribution in [3.63, 3.8) is 0 Å². The largest absolute Gasteiger partial charge is 0.480 e. The van der Waals surface area contributed by atoms with Crippen LogP contribution < -0.4 is 5.32 Å². The van der Waals surface area contributed by atoms with Gasteiger partial charge in [0.2, 0.25) is 5.91 Å². The third-order valence-electron chi connectivity index (χ3n) is 2.90. The van der Waals surface area contributed by atoms with Crippen LogP contribution in [0.3, 0.4) is 0 Å². The summed E-state index contributed by atoms with van der Waals surface area (Å²) in [5.74, 6) is -1.48. The van der Waals surface area contributed by atoms with Gasteiger partial charge in [0, 0.05) is 5.02 Å². The van der Waals surface area contributed by atoms with Crippen molar-refractivity contribution in [2.45, 2.75) is 33.2 Å². The molecule has 2 N–H and O–H groups in total. The average molecular weight is 284 g/mol. The number of nitrogens with one attached hydrogen (secondary N) is 1. The first-order chi connectivity index (χ1) is 8.81. The highest BCUT2D eigenvalue weighted by Gasteiger charge is 2.23. The number of aryl methyl sites for hydroxylation is 1. The lowest BCUT2D eigenvalue weighted by molar-refractivity contribution is -0.143. The number of halogens is 1. The Morgan fingerprint density at radius 2 is 2.00 bits per heavy atom. The van der Waals surface area contributed by atoms with E-state index in [1.54, 1.807) is 32.0 Å². The van der Waals surface area contributed by atoms with E-state index < -0.39 is 12.0 Å². The molecule has 0 unspecified atom stereocenters. The van der Waals surface area contributed by atoms with Crippen molar-refractivity contribution < 1.29 is 14.7 Å². The molecule has 1 aromatic carbocycles. The number of rotatable bonds is 5. The summed E-state index contributed by atoms with van der Waals surface area (Å²) >= 11 is 5.84. The number of benzene rings is 1. The zero-order chi connectivity index (χ0) is 14.6. The first kappa shape index (κ1) is 15.5. The van der Waals surface area contributed by atoms with E-state index in [0.29, 0.717) is 5.02 Å². The Morgan fingerprint density at radius 1 is 1.37 bits per heavy atom. The smallest absolute Gasteiger partial charge is 0.326 e. The van der Waals surface area contributed by atoms with E-state index in [-0.39, 0.29) is 18.2 Å². The molecule has 1 atom stereocenters. The Kier molecular flexibility index (Phi) is 5.36. The van der Waals surface area contributed by atoms with Crippen LogP contribution in [0.5, 0.6) is 0 Å². The summed E-state index contributed by atoms with van der Waals surface area (Å²) in [6, 6.07) is 4.41. The van der Waals surface area contributed by atoms with Gasteiger partial charge < -0.3 is 10.4 Å². The predicted octanol–water partition coefficient (Wildman–Crippen LogP) is 2.42. The zero-order valence-corrected chi connectivity index (χ0v) is 12.0. The Labute approximate surface area is 117 Å². The van der Waals surface area contributed by atoms with Crippen LogP contribution in [0.15, 0.2) is 18.2 Å². The molecular weight excluding hydrogens is 266 g/mol. The lowest BCUT2D eigenvalue weighted by Crippen LogP contribution is -2.44. The van der Waals surface area contributed by atoms with Crippen molar-refractivity contribution in [2.75, 3.05) is 0 Å². The minimum absolute atomic E-state index is 0.152. The molecule has 0 saturated heterocycles. The molecule has 0 radical (unpaired) electrons. The van der Waals surface area contributed by atoms with Gasteiger partial charge in [-0.15, -0.1) is 0 Å². The van der Waals surface area contributed by atoms with Crippen LogP contribution in [0.25, 0.3) is 0 Å². The highest BCUT2D eigenvalue weighted by molar-refractivity contribution is 6.30. The lowest BCUT2D eigenvalue weighted by Gasteiger charge is -2.18. The highest BCUT2D eigenvalue weighted by atomic mass is 35.5. The summed E-state index contributed by atoms with van der Waals surface area (Å²) in [4.78, 5) is 22.9. The molecule has 0 fully saturated rings. The van der Waals surface area contributed by atoms with Gasteiger partial charge in [-0.1, -0.05) is 31.5 Å². The maximum Gasteiger partial charge on any atom is 0.326 e. The first-order valence-corrected chi connectivity index (χ1v) is 6.46. The standard InChI is InChI=1S/C14H18ClNO3/c1-8(2)13(14(18)19)16-12(17)7-10-4-5-11(15)6-9(10)3/h4-6,8,13H,7H2,1-3H3,(H,16,17)(H,18,19)/t13-/m0/s1. The summed E-state index contributed by atoms with van der Waals surface area (Å²) < 4.78 is 0. The van der Waals surface area contributed by atoms with Crippen LogP contribution in [-0.4, -0.2) is 23.0 Å². The summed E-state index contributed by atoms with van der Waals surface area (Å²) in [5, 5.41) is 12.2.